The molecule has 3 nitrogen and oxygen atoms in total. The zero-order valence-electron chi connectivity index (χ0n) is 10.9. The number of aliphatic hydroxyl groups excluding tert-OH is 2. The maximum absolute atomic E-state index is 9.27. The minimum absolute atomic E-state index is 0.0105. The van der Waals surface area contributed by atoms with Crippen LogP contribution in [0.3, 0.4) is 0 Å². The molecule has 0 bridgehead atoms. The van der Waals surface area contributed by atoms with Crippen LogP contribution in [0.5, 0.6) is 0 Å². The fourth-order valence-electron chi connectivity index (χ4n) is 2.44. The van der Waals surface area contributed by atoms with Gasteiger partial charge in [0.05, 0.1) is 18.8 Å². The van der Waals surface area contributed by atoms with E-state index in [4.69, 9.17) is 0 Å². The van der Waals surface area contributed by atoms with E-state index in [1.54, 1.807) is 0 Å². The van der Waals surface area contributed by atoms with Gasteiger partial charge in [0.25, 0.3) is 0 Å². The molecule has 0 heterocycles. The molecule has 0 amide bonds. The number of aliphatic hydroxyl groups is 2. The monoisotopic (exact) mass is 229 g/mol. The van der Waals surface area contributed by atoms with Gasteiger partial charge in [0.1, 0.15) is 0 Å². The summed E-state index contributed by atoms with van der Waals surface area (Å²) in [5.41, 5.74) is -0.0790. The van der Waals surface area contributed by atoms with Crippen molar-refractivity contribution in [2.75, 3.05) is 13.2 Å². The molecule has 0 aliphatic heterocycles. The van der Waals surface area contributed by atoms with E-state index < -0.39 is 5.54 Å². The second-order valence-electron chi connectivity index (χ2n) is 6.31. The van der Waals surface area contributed by atoms with Crippen molar-refractivity contribution in [3.8, 4) is 0 Å². The number of rotatable bonds is 4. The minimum atomic E-state index is -0.529. The Morgan fingerprint density at radius 1 is 1.19 bits per heavy atom. The van der Waals surface area contributed by atoms with Gasteiger partial charge in [-0.05, 0) is 38.0 Å². The molecule has 1 aliphatic rings. The summed E-state index contributed by atoms with van der Waals surface area (Å²) < 4.78 is 0. The first-order valence-electron chi connectivity index (χ1n) is 6.40. The summed E-state index contributed by atoms with van der Waals surface area (Å²) in [5.74, 6) is 0. The molecule has 1 aliphatic carbocycles. The minimum Gasteiger partial charge on any atom is -0.394 e. The van der Waals surface area contributed by atoms with Crippen LogP contribution in [-0.2, 0) is 0 Å². The van der Waals surface area contributed by atoms with Gasteiger partial charge in [0.15, 0.2) is 0 Å². The molecule has 1 fully saturated rings. The molecule has 0 spiro atoms. The van der Waals surface area contributed by atoms with Gasteiger partial charge in [-0.15, -0.1) is 0 Å². The third-order valence-electron chi connectivity index (χ3n) is 3.83. The van der Waals surface area contributed by atoms with Crippen molar-refractivity contribution in [1.82, 2.24) is 5.32 Å². The Balaban J connectivity index is 2.49. The van der Waals surface area contributed by atoms with Gasteiger partial charge in [-0.2, -0.15) is 0 Å². The molecular formula is C13H27NO2. The Kier molecular flexibility index (Phi) is 4.77. The van der Waals surface area contributed by atoms with E-state index in [2.05, 4.69) is 19.2 Å². The predicted molar refractivity (Wildman–Crippen MR) is 66.4 cm³/mol. The average Bonchev–Trinajstić information content (AvgIpc) is 2.40. The topological polar surface area (TPSA) is 52.5 Å². The molecule has 1 unspecified atom stereocenters. The molecule has 1 saturated carbocycles. The fraction of sp³-hybridized carbons (Fsp3) is 1.00. The third kappa shape index (κ3) is 4.04. The van der Waals surface area contributed by atoms with E-state index in [1.165, 1.54) is 19.3 Å². The molecule has 3 N–H and O–H groups in total. The standard InChI is InChI=1S/C13H27NO2/c1-12(2)7-4-5-11(6-8-12)14-13(3,9-15)10-16/h11,14-16H,4-10H2,1-3H3. The fourth-order valence-corrected chi connectivity index (χ4v) is 2.44. The molecule has 16 heavy (non-hydrogen) atoms. The van der Waals surface area contributed by atoms with Gasteiger partial charge in [-0.3, -0.25) is 0 Å². The van der Waals surface area contributed by atoms with Crippen molar-refractivity contribution in [3.63, 3.8) is 0 Å². The van der Waals surface area contributed by atoms with Crippen LogP contribution in [0.2, 0.25) is 0 Å². The summed E-state index contributed by atoms with van der Waals surface area (Å²) in [7, 11) is 0. The highest BCUT2D eigenvalue weighted by Gasteiger charge is 2.29. The molecule has 1 atom stereocenters. The third-order valence-corrected chi connectivity index (χ3v) is 3.83. The summed E-state index contributed by atoms with van der Waals surface area (Å²) in [6, 6.07) is 0.436. The maximum Gasteiger partial charge on any atom is 0.0633 e. The van der Waals surface area contributed by atoms with Gasteiger partial charge < -0.3 is 15.5 Å². The summed E-state index contributed by atoms with van der Waals surface area (Å²) in [5, 5.41) is 21.9. The molecule has 0 aromatic carbocycles. The summed E-state index contributed by atoms with van der Waals surface area (Å²) in [6.45, 7) is 6.51. The Morgan fingerprint density at radius 3 is 2.38 bits per heavy atom. The van der Waals surface area contributed by atoms with E-state index in [0.29, 0.717) is 11.5 Å². The molecule has 0 radical (unpaired) electrons. The zero-order valence-corrected chi connectivity index (χ0v) is 10.9. The number of hydrogen-bond acceptors (Lipinski definition) is 3. The highest BCUT2D eigenvalue weighted by atomic mass is 16.3. The molecule has 96 valence electrons. The first kappa shape index (κ1) is 13.9. The van der Waals surface area contributed by atoms with Gasteiger partial charge >= 0.3 is 0 Å². The summed E-state index contributed by atoms with van der Waals surface area (Å²) >= 11 is 0. The van der Waals surface area contributed by atoms with Gasteiger partial charge in [-0.1, -0.05) is 20.3 Å². The van der Waals surface area contributed by atoms with E-state index >= 15 is 0 Å². The SMILES string of the molecule is CC1(C)CCCC(NC(C)(CO)CO)CC1. The Bertz CT molecular complexity index is 212. The van der Waals surface area contributed by atoms with Gasteiger partial charge in [0.2, 0.25) is 0 Å². The molecule has 3 heteroatoms. The Morgan fingerprint density at radius 2 is 1.81 bits per heavy atom. The van der Waals surface area contributed by atoms with Crippen molar-refractivity contribution in [3.05, 3.63) is 0 Å². The normalized spacial score (nSPS) is 26.4. The quantitative estimate of drug-likeness (QED) is 0.643. The summed E-state index contributed by atoms with van der Waals surface area (Å²) in [6.07, 6.45) is 6.02. The molecule has 0 saturated heterocycles. The van der Waals surface area contributed by atoms with Crippen LogP contribution >= 0.6 is 0 Å². The lowest BCUT2D eigenvalue weighted by molar-refractivity contribution is 0.0913. The van der Waals surface area contributed by atoms with Gasteiger partial charge in [-0.25, -0.2) is 0 Å². The van der Waals surface area contributed by atoms with Crippen LogP contribution in [0.15, 0.2) is 0 Å². The van der Waals surface area contributed by atoms with Crippen LogP contribution in [0.1, 0.15) is 52.9 Å². The smallest absolute Gasteiger partial charge is 0.0633 e. The lowest BCUT2D eigenvalue weighted by Gasteiger charge is -2.32. The molecule has 0 aromatic rings. The van der Waals surface area contributed by atoms with Crippen LogP contribution in [0.4, 0.5) is 0 Å². The average molecular weight is 229 g/mol. The van der Waals surface area contributed by atoms with Crippen molar-refractivity contribution in [1.29, 1.82) is 0 Å². The second kappa shape index (κ2) is 5.48. The Hall–Kier alpha value is -0.120. The van der Waals surface area contributed by atoms with E-state index in [0.717, 1.165) is 12.8 Å². The predicted octanol–water partition coefficient (Wildman–Crippen LogP) is 1.68. The zero-order chi connectivity index (χ0) is 12.2. The van der Waals surface area contributed by atoms with Crippen molar-refractivity contribution in [2.45, 2.75) is 64.5 Å². The summed E-state index contributed by atoms with van der Waals surface area (Å²) in [4.78, 5) is 0. The highest BCUT2D eigenvalue weighted by Crippen LogP contribution is 2.34. The number of hydrogen-bond donors (Lipinski definition) is 3. The second-order valence-corrected chi connectivity index (χ2v) is 6.31. The molecular weight excluding hydrogens is 202 g/mol. The first-order chi connectivity index (χ1) is 7.41. The van der Waals surface area contributed by atoms with Gasteiger partial charge in [0, 0.05) is 6.04 Å². The van der Waals surface area contributed by atoms with E-state index in [1.807, 2.05) is 6.92 Å². The van der Waals surface area contributed by atoms with Crippen molar-refractivity contribution >= 4 is 0 Å². The largest absolute Gasteiger partial charge is 0.394 e. The first-order valence-corrected chi connectivity index (χ1v) is 6.40. The van der Waals surface area contributed by atoms with Crippen LogP contribution in [-0.4, -0.2) is 35.0 Å². The van der Waals surface area contributed by atoms with Crippen LogP contribution < -0.4 is 5.32 Å². The lowest BCUT2D eigenvalue weighted by atomic mass is 9.85. The maximum atomic E-state index is 9.27. The van der Waals surface area contributed by atoms with Crippen LogP contribution in [0, 0.1) is 5.41 Å². The number of nitrogens with one attached hydrogen (secondary N) is 1. The Labute approximate surface area is 99.3 Å². The van der Waals surface area contributed by atoms with Crippen LogP contribution in [0.25, 0.3) is 0 Å². The highest BCUT2D eigenvalue weighted by molar-refractivity contribution is 4.88. The molecule has 0 aromatic heterocycles. The van der Waals surface area contributed by atoms with E-state index in [9.17, 15) is 10.2 Å². The van der Waals surface area contributed by atoms with Crippen molar-refractivity contribution < 1.29 is 10.2 Å². The lowest BCUT2D eigenvalue weighted by Crippen LogP contribution is -2.53. The van der Waals surface area contributed by atoms with Crippen molar-refractivity contribution in [2.24, 2.45) is 5.41 Å². The molecule has 1 rings (SSSR count). The van der Waals surface area contributed by atoms with E-state index in [-0.39, 0.29) is 13.2 Å².